The average molecular weight is 227 g/mol. The van der Waals surface area contributed by atoms with Crippen LogP contribution in [0.2, 0.25) is 0 Å². The Hall–Kier alpha value is -1.45. The van der Waals surface area contributed by atoms with E-state index in [2.05, 4.69) is 5.32 Å². The maximum Gasteiger partial charge on any atom is 0.224 e. The van der Waals surface area contributed by atoms with Crippen molar-refractivity contribution in [3.8, 4) is 0 Å². The van der Waals surface area contributed by atoms with Crippen LogP contribution in [0.15, 0.2) is 18.2 Å². The molecule has 0 unspecified atom stereocenters. The second kappa shape index (κ2) is 6.20. The molecule has 1 aromatic carbocycles. The van der Waals surface area contributed by atoms with E-state index >= 15 is 0 Å². The molecule has 0 radical (unpaired) electrons. The molecule has 0 bridgehead atoms. The normalized spacial score (nSPS) is 10.2. The first kappa shape index (κ1) is 12.6. The third-order valence-electron chi connectivity index (χ3n) is 2.22. The molecule has 0 saturated heterocycles. The average Bonchev–Trinajstić information content (AvgIpc) is 2.23. The van der Waals surface area contributed by atoms with Gasteiger partial charge in [-0.25, -0.2) is 8.78 Å². The van der Waals surface area contributed by atoms with Gasteiger partial charge in [0.25, 0.3) is 0 Å². The van der Waals surface area contributed by atoms with Gasteiger partial charge in [-0.05, 0) is 18.1 Å². The van der Waals surface area contributed by atoms with E-state index in [9.17, 15) is 13.6 Å². The van der Waals surface area contributed by atoms with Crippen molar-refractivity contribution < 1.29 is 13.6 Å². The maximum atomic E-state index is 13.2. The van der Waals surface area contributed by atoms with Crippen molar-refractivity contribution >= 4 is 5.91 Å². The first-order valence-corrected chi connectivity index (χ1v) is 5.34. The van der Waals surface area contributed by atoms with Gasteiger partial charge in [-0.3, -0.25) is 4.79 Å². The zero-order chi connectivity index (χ0) is 12.0. The summed E-state index contributed by atoms with van der Waals surface area (Å²) in [6.07, 6.45) is 1.85. The minimum Gasteiger partial charge on any atom is -0.356 e. The summed E-state index contributed by atoms with van der Waals surface area (Å²) < 4.78 is 25.8. The lowest BCUT2D eigenvalue weighted by Gasteiger charge is -2.05. The molecule has 0 aromatic heterocycles. The van der Waals surface area contributed by atoms with Crippen LogP contribution in [0.5, 0.6) is 0 Å². The van der Waals surface area contributed by atoms with Gasteiger partial charge < -0.3 is 5.32 Å². The smallest absolute Gasteiger partial charge is 0.224 e. The molecule has 0 aliphatic carbocycles. The largest absolute Gasteiger partial charge is 0.356 e. The van der Waals surface area contributed by atoms with Crippen LogP contribution < -0.4 is 5.32 Å². The van der Waals surface area contributed by atoms with Crippen LogP contribution in [0.1, 0.15) is 25.3 Å². The van der Waals surface area contributed by atoms with Crippen LogP contribution >= 0.6 is 0 Å². The van der Waals surface area contributed by atoms with Crippen molar-refractivity contribution in [3.05, 3.63) is 35.4 Å². The Labute approximate surface area is 93.7 Å². The molecule has 0 heterocycles. The molecule has 4 heteroatoms. The molecule has 0 aliphatic rings. The van der Waals surface area contributed by atoms with Crippen LogP contribution in [-0.2, 0) is 11.2 Å². The van der Waals surface area contributed by atoms with Crippen molar-refractivity contribution in [2.45, 2.75) is 26.2 Å². The van der Waals surface area contributed by atoms with Gasteiger partial charge in [-0.15, -0.1) is 0 Å². The molecular formula is C12H15F2NO. The molecule has 0 atom stereocenters. The first-order valence-electron chi connectivity index (χ1n) is 5.34. The van der Waals surface area contributed by atoms with Crippen molar-refractivity contribution in [1.82, 2.24) is 5.32 Å². The zero-order valence-electron chi connectivity index (χ0n) is 9.22. The summed E-state index contributed by atoms with van der Waals surface area (Å²) in [5.74, 6) is -1.54. The molecule has 16 heavy (non-hydrogen) atoms. The van der Waals surface area contributed by atoms with E-state index < -0.39 is 11.6 Å². The molecule has 1 rings (SSSR count). The Morgan fingerprint density at radius 3 is 2.75 bits per heavy atom. The van der Waals surface area contributed by atoms with E-state index in [1.54, 1.807) is 0 Å². The third kappa shape index (κ3) is 3.96. The predicted octanol–water partition coefficient (Wildman–Crippen LogP) is 2.42. The fourth-order valence-corrected chi connectivity index (χ4v) is 1.31. The number of unbranched alkanes of at least 4 members (excludes halogenated alkanes) is 1. The number of hydrogen-bond donors (Lipinski definition) is 1. The number of nitrogens with one attached hydrogen (secondary N) is 1. The summed E-state index contributed by atoms with van der Waals surface area (Å²) in [6.45, 7) is 2.62. The topological polar surface area (TPSA) is 29.1 Å². The van der Waals surface area contributed by atoms with E-state index in [1.165, 1.54) is 6.07 Å². The second-order valence-corrected chi connectivity index (χ2v) is 3.62. The molecule has 88 valence electrons. The monoisotopic (exact) mass is 227 g/mol. The van der Waals surface area contributed by atoms with E-state index in [-0.39, 0.29) is 17.9 Å². The van der Waals surface area contributed by atoms with Crippen molar-refractivity contribution in [1.29, 1.82) is 0 Å². The third-order valence-corrected chi connectivity index (χ3v) is 2.22. The van der Waals surface area contributed by atoms with Gasteiger partial charge in [-0.1, -0.05) is 19.4 Å². The van der Waals surface area contributed by atoms with Crippen molar-refractivity contribution in [2.24, 2.45) is 0 Å². The lowest BCUT2D eigenvalue weighted by molar-refractivity contribution is -0.120. The van der Waals surface area contributed by atoms with Crippen LogP contribution in [0, 0.1) is 11.6 Å². The minimum absolute atomic E-state index is 0.0458. The van der Waals surface area contributed by atoms with Gasteiger partial charge in [0.2, 0.25) is 5.91 Å². The van der Waals surface area contributed by atoms with E-state index in [0.717, 1.165) is 25.0 Å². The highest BCUT2D eigenvalue weighted by Crippen LogP contribution is 2.09. The van der Waals surface area contributed by atoms with Gasteiger partial charge in [-0.2, -0.15) is 0 Å². The second-order valence-electron chi connectivity index (χ2n) is 3.62. The van der Waals surface area contributed by atoms with Gasteiger partial charge in [0.15, 0.2) is 0 Å². The Morgan fingerprint density at radius 2 is 2.12 bits per heavy atom. The maximum absolute atomic E-state index is 13.2. The summed E-state index contributed by atoms with van der Waals surface area (Å²) in [4.78, 5) is 11.4. The standard InChI is InChI=1S/C12H15F2NO/c1-2-3-6-15-12(16)7-9-4-5-10(13)8-11(9)14/h4-5,8H,2-3,6-7H2,1H3,(H,15,16). The zero-order valence-corrected chi connectivity index (χ0v) is 9.22. The summed E-state index contributed by atoms with van der Waals surface area (Å²) in [5.41, 5.74) is 0.218. The molecule has 0 fully saturated rings. The number of hydrogen-bond acceptors (Lipinski definition) is 1. The van der Waals surface area contributed by atoms with Crippen molar-refractivity contribution in [3.63, 3.8) is 0 Å². The fraction of sp³-hybridized carbons (Fsp3) is 0.417. The quantitative estimate of drug-likeness (QED) is 0.769. The van der Waals surface area contributed by atoms with E-state index in [0.29, 0.717) is 6.54 Å². The van der Waals surface area contributed by atoms with Gasteiger partial charge in [0, 0.05) is 12.6 Å². The summed E-state index contributed by atoms with van der Waals surface area (Å²) in [7, 11) is 0. The molecular weight excluding hydrogens is 212 g/mol. The summed E-state index contributed by atoms with van der Waals surface area (Å²) in [6, 6.07) is 3.23. The molecule has 0 aliphatic heterocycles. The number of carbonyl (C=O) groups is 1. The predicted molar refractivity (Wildman–Crippen MR) is 58.0 cm³/mol. The van der Waals surface area contributed by atoms with Gasteiger partial charge in [0.05, 0.1) is 6.42 Å². The minimum atomic E-state index is -0.675. The highest BCUT2D eigenvalue weighted by Gasteiger charge is 2.08. The fourth-order valence-electron chi connectivity index (χ4n) is 1.31. The van der Waals surface area contributed by atoms with Crippen LogP contribution in [0.25, 0.3) is 0 Å². The number of halogens is 2. The SMILES string of the molecule is CCCCNC(=O)Cc1ccc(F)cc1F. The lowest BCUT2D eigenvalue weighted by Crippen LogP contribution is -2.26. The first-order chi connectivity index (χ1) is 7.63. The number of benzene rings is 1. The van der Waals surface area contributed by atoms with E-state index in [4.69, 9.17) is 0 Å². The van der Waals surface area contributed by atoms with Gasteiger partial charge >= 0.3 is 0 Å². The Balaban J connectivity index is 2.49. The van der Waals surface area contributed by atoms with Crippen molar-refractivity contribution in [2.75, 3.05) is 6.54 Å². The Morgan fingerprint density at radius 1 is 1.38 bits per heavy atom. The Kier molecular flexibility index (Phi) is 4.89. The van der Waals surface area contributed by atoms with E-state index in [1.807, 2.05) is 6.92 Å². The van der Waals surface area contributed by atoms with Gasteiger partial charge in [0.1, 0.15) is 11.6 Å². The molecule has 0 spiro atoms. The summed E-state index contributed by atoms with van der Waals surface area (Å²) in [5, 5.41) is 2.67. The lowest BCUT2D eigenvalue weighted by atomic mass is 10.1. The molecule has 0 saturated carbocycles. The highest BCUT2D eigenvalue weighted by atomic mass is 19.1. The van der Waals surface area contributed by atoms with Crippen LogP contribution in [0.3, 0.4) is 0 Å². The van der Waals surface area contributed by atoms with Crippen LogP contribution in [-0.4, -0.2) is 12.5 Å². The Bertz CT molecular complexity index is 366. The molecule has 2 nitrogen and oxygen atoms in total. The molecule has 1 amide bonds. The highest BCUT2D eigenvalue weighted by molar-refractivity contribution is 5.78. The van der Waals surface area contributed by atoms with Crippen LogP contribution in [0.4, 0.5) is 8.78 Å². The molecule has 1 aromatic rings. The molecule has 1 N–H and O–H groups in total. The summed E-state index contributed by atoms with van der Waals surface area (Å²) >= 11 is 0. The number of amides is 1. The number of carbonyl (C=O) groups excluding carboxylic acids is 1. The number of rotatable bonds is 5.